The van der Waals surface area contributed by atoms with Gasteiger partial charge in [-0.1, -0.05) is 48.0 Å². The molecule has 18 heavy (non-hydrogen) atoms. The van der Waals surface area contributed by atoms with Crippen molar-refractivity contribution < 1.29 is 5.11 Å². The van der Waals surface area contributed by atoms with Gasteiger partial charge < -0.3 is 5.11 Å². The predicted octanol–water partition coefficient (Wildman–Crippen LogP) is 3.89. The maximum Gasteiger partial charge on any atom is 0.0833 e. The molecule has 0 radical (unpaired) electrons. The van der Waals surface area contributed by atoms with Gasteiger partial charge in [0.2, 0.25) is 0 Å². The molecular formula is C17H20O. The first-order valence-electron chi connectivity index (χ1n) is 6.37. The van der Waals surface area contributed by atoms with Crippen LogP contribution in [0.4, 0.5) is 0 Å². The SMILES string of the molecule is Cc1ccc(C)c(CC(O)c2ccccc2C)c1. The number of hydrogen-bond acceptors (Lipinski definition) is 1. The summed E-state index contributed by atoms with van der Waals surface area (Å²) < 4.78 is 0. The highest BCUT2D eigenvalue weighted by Crippen LogP contribution is 2.23. The Balaban J connectivity index is 2.24. The van der Waals surface area contributed by atoms with Crippen LogP contribution in [0.2, 0.25) is 0 Å². The van der Waals surface area contributed by atoms with Crippen LogP contribution in [0.3, 0.4) is 0 Å². The van der Waals surface area contributed by atoms with E-state index in [1.807, 2.05) is 31.2 Å². The molecule has 0 bridgehead atoms. The molecule has 0 heterocycles. The Morgan fingerprint density at radius 1 is 0.944 bits per heavy atom. The largest absolute Gasteiger partial charge is 0.388 e. The summed E-state index contributed by atoms with van der Waals surface area (Å²) >= 11 is 0. The molecule has 2 aromatic carbocycles. The van der Waals surface area contributed by atoms with E-state index in [-0.39, 0.29) is 0 Å². The molecule has 1 heteroatoms. The van der Waals surface area contributed by atoms with Crippen molar-refractivity contribution in [1.82, 2.24) is 0 Å². The topological polar surface area (TPSA) is 20.2 Å². The van der Waals surface area contributed by atoms with Gasteiger partial charge >= 0.3 is 0 Å². The minimum Gasteiger partial charge on any atom is -0.388 e. The summed E-state index contributed by atoms with van der Waals surface area (Å²) in [6.45, 7) is 6.23. The maximum atomic E-state index is 10.4. The quantitative estimate of drug-likeness (QED) is 0.863. The van der Waals surface area contributed by atoms with Crippen LogP contribution in [0.5, 0.6) is 0 Å². The Labute approximate surface area is 109 Å². The van der Waals surface area contributed by atoms with Crippen molar-refractivity contribution in [3.05, 3.63) is 70.3 Å². The van der Waals surface area contributed by atoms with Gasteiger partial charge in [0.15, 0.2) is 0 Å². The van der Waals surface area contributed by atoms with E-state index in [0.29, 0.717) is 6.42 Å². The molecule has 0 aliphatic heterocycles. The lowest BCUT2D eigenvalue weighted by atomic mass is 9.94. The van der Waals surface area contributed by atoms with Crippen molar-refractivity contribution in [3.63, 3.8) is 0 Å². The standard InChI is InChI=1S/C17H20O/c1-12-8-9-13(2)15(10-12)11-17(18)16-7-5-4-6-14(16)3/h4-10,17-18H,11H2,1-3H3. The van der Waals surface area contributed by atoms with E-state index in [9.17, 15) is 5.11 Å². The van der Waals surface area contributed by atoms with Gasteiger partial charge in [-0.25, -0.2) is 0 Å². The van der Waals surface area contributed by atoms with E-state index in [1.165, 1.54) is 16.7 Å². The highest BCUT2D eigenvalue weighted by atomic mass is 16.3. The smallest absolute Gasteiger partial charge is 0.0833 e. The Morgan fingerprint density at radius 3 is 2.39 bits per heavy atom. The van der Waals surface area contributed by atoms with Gasteiger partial charge in [-0.2, -0.15) is 0 Å². The van der Waals surface area contributed by atoms with E-state index in [4.69, 9.17) is 0 Å². The van der Waals surface area contributed by atoms with Gasteiger partial charge in [0.05, 0.1) is 6.10 Å². The second kappa shape index (κ2) is 5.36. The zero-order valence-corrected chi connectivity index (χ0v) is 11.3. The molecule has 0 aromatic heterocycles. The van der Waals surface area contributed by atoms with E-state index < -0.39 is 6.10 Å². The van der Waals surface area contributed by atoms with E-state index in [2.05, 4.69) is 32.0 Å². The van der Waals surface area contributed by atoms with E-state index in [1.54, 1.807) is 0 Å². The van der Waals surface area contributed by atoms with Crippen molar-refractivity contribution in [3.8, 4) is 0 Å². The number of aliphatic hydroxyl groups is 1. The molecule has 2 rings (SSSR count). The molecule has 1 unspecified atom stereocenters. The van der Waals surface area contributed by atoms with Crippen molar-refractivity contribution in [1.29, 1.82) is 0 Å². The van der Waals surface area contributed by atoms with Crippen molar-refractivity contribution in [2.24, 2.45) is 0 Å². The van der Waals surface area contributed by atoms with Crippen molar-refractivity contribution in [2.75, 3.05) is 0 Å². The highest BCUT2D eigenvalue weighted by molar-refractivity contribution is 5.34. The highest BCUT2D eigenvalue weighted by Gasteiger charge is 2.12. The first kappa shape index (κ1) is 12.8. The third kappa shape index (κ3) is 2.80. The molecule has 0 fully saturated rings. The van der Waals surface area contributed by atoms with Gasteiger partial charge in [0, 0.05) is 6.42 Å². The van der Waals surface area contributed by atoms with Crippen LogP contribution < -0.4 is 0 Å². The van der Waals surface area contributed by atoms with Crippen LogP contribution in [0.1, 0.15) is 33.9 Å². The normalized spacial score (nSPS) is 12.4. The summed E-state index contributed by atoms with van der Waals surface area (Å²) in [4.78, 5) is 0. The lowest BCUT2D eigenvalue weighted by Crippen LogP contribution is -2.05. The Hall–Kier alpha value is -1.60. The molecule has 2 aromatic rings. The van der Waals surface area contributed by atoms with E-state index in [0.717, 1.165) is 11.1 Å². The average molecular weight is 240 g/mol. The van der Waals surface area contributed by atoms with Crippen molar-refractivity contribution in [2.45, 2.75) is 33.3 Å². The first-order chi connectivity index (χ1) is 8.58. The van der Waals surface area contributed by atoms with Gasteiger partial charge in [-0.05, 0) is 43.0 Å². The predicted molar refractivity (Wildman–Crippen MR) is 75.8 cm³/mol. The molecule has 0 spiro atoms. The third-order valence-electron chi connectivity index (χ3n) is 3.47. The zero-order valence-electron chi connectivity index (χ0n) is 11.3. The molecule has 0 saturated carbocycles. The van der Waals surface area contributed by atoms with Gasteiger partial charge in [-0.15, -0.1) is 0 Å². The second-order valence-electron chi connectivity index (χ2n) is 5.01. The number of aryl methyl sites for hydroxylation is 3. The third-order valence-corrected chi connectivity index (χ3v) is 3.47. The maximum absolute atomic E-state index is 10.4. The number of hydrogen-bond donors (Lipinski definition) is 1. The average Bonchev–Trinajstić information content (AvgIpc) is 2.34. The summed E-state index contributed by atoms with van der Waals surface area (Å²) in [7, 11) is 0. The molecule has 94 valence electrons. The molecule has 0 amide bonds. The lowest BCUT2D eigenvalue weighted by molar-refractivity contribution is 0.177. The fourth-order valence-electron chi connectivity index (χ4n) is 2.30. The van der Waals surface area contributed by atoms with E-state index >= 15 is 0 Å². The van der Waals surface area contributed by atoms with Gasteiger partial charge in [0.1, 0.15) is 0 Å². The zero-order chi connectivity index (χ0) is 13.1. The van der Waals surface area contributed by atoms with Crippen LogP contribution in [0.15, 0.2) is 42.5 Å². The first-order valence-corrected chi connectivity index (χ1v) is 6.37. The van der Waals surface area contributed by atoms with Crippen LogP contribution in [-0.2, 0) is 6.42 Å². The van der Waals surface area contributed by atoms with Crippen LogP contribution in [0, 0.1) is 20.8 Å². The summed E-state index contributed by atoms with van der Waals surface area (Å²) in [6.07, 6.45) is 0.255. The molecule has 0 aliphatic carbocycles. The summed E-state index contributed by atoms with van der Waals surface area (Å²) in [5.74, 6) is 0. The fourth-order valence-corrected chi connectivity index (χ4v) is 2.30. The Kier molecular flexibility index (Phi) is 3.83. The summed E-state index contributed by atoms with van der Waals surface area (Å²) in [5.41, 5.74) is 5.89. The van der Waals surface area contributed by atoms with Gasteiger partial charge in [0.25, 0.3) is 0 Å². The molecule has 0 saturated heterocycles. The summed E-state index contributed by atoms with van der Waals surface area (Å²) in [5, 5.41) is 10.4. The minimum absolute atomic E-state index is 0.424. The Morgan fingerprint density at radius 2 is 1.67 bits per heavy atom. The molecule has 1 nitrogen and oxygen atoms in total. The minimum atomic E-state index is -0.424. The van der Waals surface area contributed by atoms with Crippen molar-refractivity contribution >= 4 is 0 Å². The lowest BCUT2D eigenvalue weighted by Gasteiger charge is -2.15. The molecule has 1 N–H and O–H groups in total. The fraction of sp³-hybridized carbons (Fsp3) is 0.294. The van der Waals surface area contributed by atoms with Crippen LogP contribution in [0.25, 0.3) is 0 Å². The monoisotopic (exact) mass is 240 g/mol. The number of benzene rings is 2. The number of rotatable bonds is 3. The second-order valence-corrected chi connectivity index (χ2v) is 5.01. The van der Waals surface area contributed by atoms with Gasteiger partial charge in [-0.3, -0.25) is 0 Å². The molecule has 1 atom stereocenters. The Bertz CT molecular complexity index is 543. The molecule has 0 aliphatic rings. The number of aliphatic hydroxyl groups excluding tert-OH is 1. The molecular weight excluding hydrogens is 220 g/mol. The van der Waals surface area contributed by atoms with Crippen LogP contribution in [-0.4, -0.2) is 5.11 Å². The van der Waals surface area contributed by atoms with Crippen LogP contribution >= 0.6 is 0 Å². The summed E-state index contributed by atoms with van der Waals surface area (Å²) in [6, 6.07) is 14.4.